The van der Waals surface area contributed by atoms with Crippen molar-refractivity contribution >= 4 is 11.6 Å². The van der Waals surface area contributed by atoms with Crippen molar-refractivity contribution in [1.82, 2.24) is 10.1 Å². The molecule has 5 heteroatoms. The number of ketones is 2. The lowest BCUT2D eigenvalue weighted by atomic mass is 10.0. The van der Waals surface area contributed by atoms with Gasteiger partial charge in [0.1, 0.15) is 0 Å². The molecule has 0 saturated heterocycles. The van der Waals surface area contributed by atoms with E-state index in [1.807, 2.05) is 0 Å². The summed E-state index contributed by atoms with van der Waals surface area (Å²) in [6.07, 6.45) is 3.08. The van der Waals surface area contributed by atoms with Crippen LogP contribution in [0.1, 0.15) is 33.3 Å². The lowest BCUT2D eigenvalue weighted by molar-refractivity contribution is 0.101. The van der Waals surface area contributed by atoms with E-state index in [-0.39, 0.29) is 17.3 Å². The smallest absolute Gasteiger partial charge is 0.215 e. The first-order chi connectivity index (χ1) is 10.7. The van der Waals surface area contributed by atoms with Gasteiger partial charge in [0.15, 0.2) is 17.2 Å². The minimum Gasteiger partial charge on any atom is -0.356 e. The molecule has 1 aromatic carbocycles. The maximum absolute atomic E-state index is 12.3. The maximum Gasteiger partial charge on any atom is 0.215 e. The molecule has 0 aliphatic heterocycles. The third kappa shape index (κ3) is 2.56. The van der Waals surface area contributed by atoms with Crippen LogP contribution in [0.5, 0.6) is 0 Å². The predicted molar refractivity (Wildman–Crippen MR) is 79.6 cm³/mol. The summed E-state index contributed by atoms with van der Waals surface area (Å²) in [6, 6.07) is 11.8. The highest BCUT2D eigenvalue weighted by Crippen LogP contribution is 2.25. The molecule has 0 aliphatic carbocycles. The number of carbonyl (C=O) groups is 2. The molecule has 0 bridgehead atoms. The third-order valence-electron chi connectivity index (χ3n) is 3.26. The molecule has 0 N–H and O–H groups in total. The molecule has 5 nitrogen and oxygen atoms in total. The molecule has 0 saturated carbocycles. The fraction of sp³-hybridized carbons (Fsp3) is 0.0588. The number of carbonyl (C=O) groups excluding carboxylic acids is 2. The Bertz CT molecular complexity index is 838. The van der Waals surface area contributed by atoms with Crippen LogP contribution >= 0.6 is 0 Å². The van der Waals surface area contributed by atoms with Crippen LogP contribution in [0.2, 0.25) is 0 Å². The normalized spacial score (nSPS) is 10.4. The van der Waals surface area contributed by atoms with E-state index in [0.29, 0.717) is 22.5 Å². The summed E-state index contributed by atoms with van der Waals surface area (Å²) >= 11 is 0. The van der Waals surface area contributed by atoms with Crippen molar-refractivity contribution in [2.45, 2.75) is 6.92 Å². The van der Waals surface area contributed by atoms with Gasteiger partial charge in [-0.3, -0.25) is 14.6 Å². The van der Waals surface area contributed by atoms with Gasteiger partial charge in [-0.25, -0.2) is 0 Å². The van der Waals surface area contributed by atoms with Crippen molar-refractivity contribution in [2.75, 3.05) is 0 Å². The van der Waals surface area contributed by atoms with Gasteiger partial charge < -0.3 is 4.52 Å². The largest absolute Gasteiger partial charge is 0.356 e. The monoisotopic (exact) mass is 292 g/mol. The van der Waals surface area contributed by atoms with Gasteiger partial charge in [0.05, 0.1) is 0 Å². The second-order valence-electron chi connectivity index (χ2n) is 4.74. The van der Waals surface area contributed by atoms with E-state index in [2.05, 4.69) is 10.1 Å². The first kappa shape index (κ1) is 13.9. The van der Waals surface area contributed by atoms with Crippen molar-refractivity contribution in [1.29, 1.82) is 0 Å². The van der Waals surface area contributed by atoms with Crippen LogP contribution in [-0.4, -0.2) is 21.7 Å². The standard InChI is InChI=1S/C17H12N2O3/c1-11(20)13-4-2-3-5-14(13)16-10-15(19-22-16)17(21)12-6-8-18-9-7-12/h2-10H,1H3. The van der Waals surface area contributed by atoms with Gasteiger partial charge in [-0.2, -0.15) is 0 Å². The zero-order valence-electron chi connectivity index (χ0n) is 11.8. The number of nitrogens with zero attached hydrogens (tertiary/aromatic N) is 2. The fourth-order valence-electron chi connectivity index (χ4n) is 2.17. The lowest BCUT2D eigenvalue weighted by Crippen LogP contribution is -2.01. The van der Waals surface area contributed by atoms with Crippen LogP contribution in [0.15, 0.2) is 59.4 Å². The highest BCUT2D eigenvalue weighted by Gasteiger charge is 2.18. The molecular formula is C17H12N2O3. The topological polar surface area (TPSA) is 73.1 Å². The summed E-state index contributed by atoms with van der Waals surface area (Å²) in [7, 11) is 0. The van der Waals surface area contributed by atoms with Gasteiger partial charge in [0, 0.05) is 35.2 Å². The number of rotatable bonds is 4. The molecule has 0 aliphatic rings. The molecular weight excluding hydrogens is 280 g/mol. The zero-order valence-corrected chi connectivity index (χ0v) is 11.8. The predicted octanol–water partition coefficient (Wildman–Crippen LogP) is 3.17. The van der Waals surface area contributed by atoms with Crippen molar-refractivity contribution in [3.05, 3.63) is 71.7 Å². The van der Waals surface area contributed by atoms with E-state index in [0.717, 1.165) is 0 Å². The Labute approximate surface area is 126 Å². The van der Waals surface area contributed by atoms with Crippen LogP contribution < -0.4 is 0 Å². The van der Waals surface area contributed by atoms with Crippen LogP contribution in [0, 0.1) is 0 Å². The highest BCUT2D eigenvalue weighted by molar-refractivity contribution is 6.08. The number of hydrogen-bond acceptors (Lipinski definition) is 5. The van der Waals surface area contributed by atoms with Crippen LogP contribution in [0.4, 0.5) is 0 Å². The molecule has 0 radical (unpaired) electrons. The fourth-order valence-corrected chi connectivity index (χ4v) is 2.17. The molecule has 2 heterocycles. The Morgan fingerprint density at radius 1 is 1.05 bits per heavy atom. The van der Waals surface area contributed by atoms with E-state index in [1.54, 1.807) is 54.9 Å². The first-order valence-corrected chi connectivity index (χ1v) is 6.68. The molecule has 3 aromatic rings. The van der Waals surface area contributed by atoms with Gasteiger partial charge in [-0.15, -0.1) is 0 Å². The van der Waals surface area contributed by atoms with E-state index < -0.39 is 0 Å². The summed E-state index contributed by atoms with van der Waals surface area (Å²) in [6.45, 7) is 1.48. The second-order valence-corrected chi connectivity index (χ2v) is 4.74. The SMILES string of the molecule is CC(=O)c1ccccc1-c1cc(C(=O)c2ccncc2)no1. The summed E-state index contributed by atoms with van der Waals surface area (Å²) in [4.78, 5) is 27.8. The molecule has 0 spiro atoms. The Morgan fingerprint density at radius 3 is 2.50 bits per heavy atom. The van der Waals surface area contributed by atoms with Crippen LogP contribution in [-0.2, 0) is 0 Å². The summed E-state index contributed by atoms with van der Waals surface area (Å²) in [5.74, 6) is 0.0647. The van der Waals surface area contributed by atoms with Gasteiger partial charge in [0.2, 0.25) is 5.78 Å². The summed E-state index contributed by atoms with van der Waals surface area (Å²) in [5, 5.41) is 3.81. The van der Waals surface area contributed by atoms with Crippen LogP contribution in [0.3, 0.4) is 0 Å². The van der Waals surface area contributed by atoms with Crippen molar-refractivity contribution in [3.8, 4) is 11.3 Å². The zero-order chi connectivity index (χ0) is 15.5. The van der Waals surface area contributed by atoms with Crippen molar-refractivity contribution in [2.24, 2.45) is 0 Å². The summed E-state index contributed by atoms with van der Waals surface area (Å²) < 4.78 is 5.25. The molecule has 0 atom stereocenters. The molecule has 108 valence electrons. The lowest BCUT2D eigenvalue weighted by Gasteiger charge is -2.01. The second kappa shape index (κ2) is 5.73. The van der Waals surface area contributed by atoms with E-state index in [4.69, 9.17) is 4.52 Å². The molecule has 3 rings (SSSR count). The minimum atomic E-state index is -0.252. The maximum atomic E-state index is 12.3. The number of benzene rings is 1. The van der Waals surface area contributed by atoms with Gasteiger partial charge >= 0.3 is 0 Å². The molecule has 0 unspecified atom stereocenters. The minimum absolute atomic E-state index is 0.0750. The third-order valence-corrected chi connectivity index (χ3v) is 3.26. The molecule has 2 aromatic heterocycles. The Kier molecular flexibility index (Phi) is 3.62. The van der Waals surface area contributed by atoms with E-state index in [9.17, 15) is 9.59 Å². The van der Waals surface area contributed by atoms with Gasteiger partial charge in [0.25, 0.3) is 0 Å². The Hall–Kier alpha value is -3.08. The number of pyridine rings is 1. The van der Waals surface area contributed by atoms with Gasteiger partial charge in [-0.05, 0) is 19.1 Å². The molecule has 0 fully saturated rings. The average molecular weight is 292 g/mol. The number of hydrogen-bond donors (Lipinski definition) is 0. The molecule has 22 heavy (non-hydrogen) atoms. The Balaban J connectivity index is 1.99. The average Bonchev–Trinajstić information content (AvgIpc) is 3.04. The van der Waals surface area contributed by atoms with E-state index >= 15 is 0 Å². The number of aromatic nitrogens is 2. The van der Waals surface area contributed by atoms with Crippen molar-refractivity contribution in [3.63, 3.8) is 0 Å². The quantitative estimate of drug-likeness (QED) is 0.690. The Morgan fingerprint density at radius 2 is 1.77 bits per heavy atom. The summed E-state index contributed by atoms with van der Waals surface area (Å²) in [5.41, 5.74) is 1.83. The first-order valence-electron chi connectivity index (χ1n) is 6.68. The van der Waals surface area contributed by atoms with Crippen molar-refractivity contribution < 1.29 is 14.1 Å². The number of Topliss-reactive ketones (excluding diaryl/α,β-unsaturated/α-hetero) is 1. The highest BCUT2D eigenvalue weighted by atomic mass is 16.5. The van der Waals surface area contributed by atoms with Gasteiger partial charge in [-0.1, -0.05) is 29.4 Å². The van der Waals surface area contributed by atoms with E-state index in [1.165, 1.54) is 6.92 Å². The van der Waals surface area contributed by atoms with Crippen LogP contribution in [0.25, 0.3) is 11.3 Å². The molecule has 0 amide bonds.